The summed E-state index contributed by atoms with van der Waals surface area (Å²) in [4.78, 5) is 33.0. The topological polar surface area (TPSA) is 79.2 Å². The molecule has 0 saturated carbocycles. The Kier molecular flexibility index (Phi) is 4.26. The summed E-state index contributed by atoms with van der Waals surface area (Å²) in [5, 5.41) is 5.38. The number of hydrogen-bond acceptors (Lipinski definition) is 5. The van der Waals surface area contributed by atoms with E-state index in [1.165, 1.54) is 17.0 Å². The van der Waals surface area contributed by atoms with Gasteiger partial charge in [-0.25, -0.2) is 0 Å². The Bertz CT molecular complexity index is 389. The molecule has 1 aromatic carbocycles. The van der Waals surface area contributed by atoms with Gasteiger partial charge in [-0.15, -0.1) is 4.91 Å². The molecule has 0 heterocycles. The summed E-state index contributed by atoms with van der Waals surface area (Å²) in [6.07, 6.45) is 0.0771. The molecule has 1 rings (SSSR count). The second-order valence-electron chi connectivity index (χ2n) is 3.16. The molecule has 0 unspecified atom stereocenters. The van der Waals surface area contributed by atoms with Gasteiger partial charge >= 0.3 is 0 Å². The van der Waals surface area contributed by atoms with Crippen LogP contribution in [0.1, 0.15) is 6.42 Å². The highest BCUT2D eigenvalue weighted by molar-refractivity contribution is 5.93. The number of carbonyl (C=O) groups is 1. The fourth-order valence-electron chi connectivity index (χ4n) is 1.19. The Hall–Kier alpha value is -2.11. The van der Waals surface area contributed by atoms with Gasteiger partial charge in [0.2, 0.25) is 5.91 Å². The van der Waals surface area contributed by atoms with Gasteiger partial charge < -0.3 is 4.90 Å². The zero-order valence-electron chi connectivity index (χ0n) is 8.79. The van der Waals surface area contributed by atoms with E-state index in [2.05, 4.69) is 10.4 Å². The lowest BCUT2D eigenvalue weighted by Gasteiger charge is -2.16. The maximum atomic E-state index is 11.5. The van der Waals surface area contributed by atoms with Crippen LogP contribution < -0.4 is 4.90 Å². The van der Waals surface area contributed by atoms with Crippen LogP contribution in [-0.4, -0.2) is 19.5 Å². The maximum Gasteiger partial charge on any atom is 0.228 e. The first-order valence-electron chi connectivity index (χ1n) is 4.68. The van der Waals surface area contributed by atoms with Crippen molar-refractivity contribution >= 4 is 17.3 Å². The molecular weight excluding hydrogens is 210 g/mol. The lowest BCUT2D eigenvalue weighted by molar-refractivity contribution is -0.118. The van der Waals surface area contributed by atoms with Gasteiger partial charge in [0, 0.05) is 12.7 Å². The van der Waals surface area contributed by atoms with E-state index >= 15 is 0 Å². The molecule has 0 spiro atoms. The molecule has 84 valence electrons. The van der Waals surface area contributed by atoms with E-state index in [0.717, 1.165) is 0 Å². The van der Waals surface area contributed by atoms with Crippen LogP contribution in [-0.2, 0) is 4.79 Å². The van der Waals surface area contributed by atoms with Crippen LogP contribution >= 0.6 is 0 Å². The fourth-order valence-corrected chi connectivity index (χ4v) is 1.19. The highest BCUT2D eigenvalue weighted by Crippen LogP contribution is 2.18. The first-order valence-corrected chi connectivity index (χ1v) is 4.68. The van der Waals surface area contributed by atoms with Crippen molar-refractivity contribution in [3.63, 3.8) is 0 Å². The summed E-state index contributed by atoms with van der Waals surface area (Å²) in [6.45, 7) is -0.0306. The molecule has 0 saturated heterocycles. The highest BCUT2D eigenvalue weighted by atomic mass is 16.3. The molecule has 0 aliphatic carbocycles. The van der Waals surface area contributed by atoms with Gasteiger partial charge in [-0.2, -0.15) is 4.91 Å². The second kappa shape index (κ2) is 5.69. The summed E-state index contributed by atoms with van der Waals surface area (Å²) in [6, 6.07) is 6.26. The molecule has 0 N–H and O–H groups in total. The fraction of sp³-hybridized carbons (Fsp3) is 0.300. The average Bonchev–Trinajstić information content (AvgIpc) is 2.35. The monoisotopic (exact) mass is 221 g/mol. The molecule has 6 nitrogen and oxygen atoms in total. The molecule has 0 bridgehead atoms. The van der Waals surface area contributed by atoms with Gasteiger partial charge in [-0.3, -0.25) is 4.79 Å². The molecule has 16 heavy (non-hydrogen) atoms. The largest absolute Gasteiger partial charge is 0.315 e. The second-order valence-corrected chi connectivity index (χ2v) is 3.16. The zero-order chi connectivity index (χ0) is 12.0. The Balaban J connectivity index is 2.71. The number of nitrogens with zero attached hydrogens (tertiary/aromatic N) is 3. The van der Waals surface area contributed by atoms with E-state index in [9.17, 15) is 14.6 Å². The molecule has 0 aliphatic heterocycles. The quantitative estimate of drug-likeness (QED) is 0.715. The molecule has 0 aromatic heterocycles. The predicted molar refractivity (Wildman–Crippen MR) is 60.6 cm³/mol. The van der Waals surface area contributed by atoms with E-state index in [1.54, 1.807) is 19.2 Å². The van der Waals surface area contributed by atoms with Crippen molar-refractivity contribution in [2.24, 2.45) is 10.4 Å². The third-order valence-corrected chi connectivity index (χ3v) is 2.13. The molecule has 1 aromatic rings. The van der Waals surface area contributed by atoms with Crippen LogP contribution in [0, 0.1) is 9.81 Å². The maximum absolute atomic E-state index is 11.5. The van der Waals surface area contributed by atoms with Gasteiger partial charge in [0.15, 0.2) is 0 Å². The third kappa shape index (κ3) is 2.94. The van der Waals surface area contributed by atoms with Gasteiger partial charge in [0.05, 0.1) is 13.0 Å². The van der Waals surface area contributed by atoms with E-state index < -0.39 is 0 Å². The summed E-state index contributed by atoms with van der Waals surface area (Å²) in [7, 11) is 1.59. The summed E-state index contributed by atoms with van der Waals surface area (Å²) >= 11 is 0. The Labute approximate surface area is 92.2 Å². The first-order chi connectivity index (χ1) is 7.69. The smallest absolute Gasteiger partial charge is 0.228 e. The number of hydrogen-bond donors (Lipinski definition) is 0. The normalized spacial score (nSPS) is 9.56. The first kappa shape index (κ1) is 12.0. The van der Waals surface area contributed by atoms with Crippen molar-refractivity contribution in [2.45, 2.75) is 6.42 Å². The molecular formula is C10H11N3O3. The average molecular weight is 221 g/mol. The molecule has 0 radical (unpaired) electrons. The third-order valence-electron chi connectivity index (χ3n) is 2.13. The predicted octanol–water partition coefficient (Wildman–Crippen LogP) is 2.20. The van der Waals surface area contributed by atoms with Gasteiger partial charge in [-0.1, -0.05) is 5.18 Å². The van der Waals surface area contributed by atoms with Crippen molar-refractivity contribution in [3.05, 3.63) is 34.1 Å². The highest BCUT2D eigenvalue weighted by Gasteiger charge is 2.10. The van der Waals surface area contributed by atoms with Crippen molar-refractivity contribution in [1.29, 1.82) is 0 Å². The Morgan fingerprint density at radius 1 is 1.25 bits per heavy atom. The minimum atomic E-state index is -0.202. The standard InChI is InChI=1S/C10H11N3O3/c1-13(10(14)6-7-11-15)9-4-2-8(12-16)3-5-9/h2-5H,6-7H2,1H3. The lowest BCUT2D eigenvalue weighted by Crippen LogP contribution is -2.26. The van der Waals surface area contributed by atoms with Gasteiger partial charge in [-0.05, 0) is 29.4 Å². The number of nitroso groups, excluding NO2 is 2. The summed E-state index contributed by atoms with van der Waals surface area (Å²) < 4.78 is 0. The van der Waals surface area contributed by atoms with Gasteiger partial charge in [0.25, 0.3) is 0 Å². The zero-order valence-corrected chi connectivity index (χ0v) is 8.79. The van der Waals surface area contributed by atoms with Gasteiger partial charge in [0.1, 0.15) is 5.69 Å². The minimum absolute atomic E-state index is 0.0306. The lowest BCUT2D eigenvalue weighted by atomic mass is 10.2. The van der Waals surface area contributed by atoms with Crippen molar-refractivity contribution in [2.75, 3.05) is 18.5 Å². The van der Waals surface area contributed by atoms with E-state index in [-0.39, 0.29) is 18.9 Å². The van der Waals surface area contributed by atoms with Crippen LogP contribution in [0.4, 0.5) is 11.4 Å². The summed E-state index contributed by atoms with van der Waals surface area (Å²) in [5.74, 6) is -0.202. The van der Waals surface area contributed by atoms with Crippen LogP contribution in [0.5, 0.6) is 0 Å². The molecule has 0 fully saturated rings. The number of carbonyl (C=O) groups excluding carboxylic acids is 1. The molecule has 0 atom stereocenters. The minimum Gasteiger partial charge on any atom is -0.315 e. The number of benzene rings is 1. The van der Waals surface area contributed by atoms with Crippen LogP contribution in [0.2, 0.25) is 0 Å². The Morgan fingerprint density at radius 3 is 2.38 bits per heavy atom. The molecule has 1 amide bonds. The molecule has 0 aliphatic rings. The van der Waals surface area contributed by atoms with E-state index in [1.807, 2.05) is 0 Å². The van der Waals surface area contributed by atoms with Crippen LogP contribution in [0.15, 0.2) is 34.6 Å². The SMILES string of the molecule is CN(C(=O)CCN=O)c1ccc(N=O)cc1. The van der Waals surface area contributed by atoms with Crippen molar-refractivity contribution in [1.82, 2.24) is 0 Å². The Morgan fingerprint density at radius 2 is 1.88 bits per heavy atom. The van der Waals surface area contributed by atoms with Crippen molar-refractivity contribution < 1.29 is 4.79 Å². The molecule has 6 heteroatoms. The van der Waals surface area contributed by atoms with Crippen LogP contribution in [0.25, 0.3) is 0 Å². The van der Waals surface area contributed by atoms with E-state index in [4.69, 9.17) is 0 Å². The number of anilines is 1. The number of amides is 1. The number of rotatable bonds is 5. The van der Waals surface area contributed by atoms with Crippen LogP contribution in [0.3, 0.4) is 0 Å². The van der Waals surface area contributed by atoms with Crippen molar-refractivity contribution in [3.8, 4) is 0 Å². The van der Waals surface area contributed by atoms with E-state index in [0.29, 0.717) is 11.4 Å². The summed E-state index contributed by atoms with van der Waals surface area (Å²) in [5.41, 5.74) is 0.947.